The Labute approximate surface area is 160 Å². The normalized spacial score (nSPS) is 12.4. The number of hydrogen-bond donors (Lipinski definition) is 1. The number of halogens is 1. The zero-order valence-electron chi connectivity index (χ0n) is 14.8. The third-order valence-electron chi connectivity index (χ3n) is 4.57. The van der Waals surface area contributed by atoms with E-state index in [1.54, 1.807) is 25.1 Å². The first-order chi connectivity index (χ1) is 13.0. The number of aromatic nitrogens is 3. The number of hydrogen-bond acceptors (Lipinski definition) is 3. The molecule has 2 heterocycles. The summed E-state index contributed by atoms with van der Waals surface area (Å²) < 4.78 is 3.65. The van der Waals surface area contributed by atoms with Crippen molar-refractivity contribution in [3.8, 4) is 0 Å². The Balaban J connectivity index is 1.88. The Morgan fingerprint density at radius 2 is 1.85 bits per heavy atom. The molecule has 2 aromatic carbocycles. The number of carbonyl (C=O) groups excluding carboxylic acids is 1. The number of fused-ring (bicyclic) bond motifs is 3. The second-order valence-corrected chi connectivity index (χ2v) is 6.79. The van der Waals surface area contributed by atoms with Crippen LogP contribution in [0.15, 0.2) is 59.4 Å². The van der Waals surface area contributed by atoms with Gasteiger partial charge in [0.15, 0.2) is 5.65 Å². The second-order valence-electron chi connectivity index (χ2n) is 6.38. The van der Waals surface area contributed by atoms with Gasteiger partial charge in [-0.05, 0) is 38.1 Å². The fraction of sp³-hybridized carbons (Fsp3) is 0.150. The average Bonchev–Trinajstić information content (AvgIpc) is 2.98. The predicted octanol–water partition coefficient (Wildman–Crippen LogP) is 3.81. The van der Waals surface area contributed by atoms with Crippen LogP contribution in [0.3, 0.4) is 0 Å². The van der Waals surface area contributed by atoms with E-state index in [-0.39, 0.29) is 11.5 Å². The molecule has 4 aromatic rings. The number of aryl methyl sites for hydroxylation is 1. The molecule has 0 unspecified atom stereocenters. The maximum atomic E-state index is 12.9. The highest BCUT2D eigenvalue weighted by Gasteiger charge is 2.22. The van der Waals surface area contributed by atoms with Gasteiger partial charge < -0.3 is 5.32 Å². The van der Waals surface area contributed by atoms with Crippen LogP contribution >= 0.6 is 11.6 Å². The quantitative estimate of drug-likeness (QED) is 0.587. The van der Waals surface area contributed by atoms with Crippen molar-refractivity contribution in [1.29, 1.82) is 0 Å². The molecule has 2 aromatic heterocycles. The number of amides is 1. The van der Waals surface area contributed by atoms with E-state index >= 15 is 0 Å². The summed E-state index contributed by atoms with van der Waals surface area (Å²) in [6, 6.07) is 15.6. The fourth-order valence-electron chi connectivity index (χ4n) is 3.30. The molecular formula is C20H17ClN4O2. The lowest BCUT2D eigenvalue weighted by Crippen LogP contribution is -2.27. The van der Waals surface area contributed by atoms with Gasteiger partial charge in [0.05, 0.1) is 16.2 Å². The molecule has 6 nitrogen and oxygen atoms in total. The van der Waals surface area contributed by atoms with Gasteiger partial charge >= 0.3 is 0 Å². The van der Waals surface area contributed by atoms with Crippen molar-refractivity contribution in [2.75, 3.05) is 5.32 Å². The van der Waals surface area contributed by atoms with Gasteiger partial charge in [-0.3, -0.25) is 14.3 Å². The molecule has 7 heteroatoms. The van der Waals surface area contributed by atoms with E-state index in [0.29, 0.717) is 22.1 Å². The Morgan fingerprint density at radius 3 is 2.63 bits per heavy atom. The van der Waals surface area contributed by atoms with Crippen molar-refractivity contribution in [1.82, 2.24) is 14.2 Å². The van der Waals surface area contributed by atoms with Crippen LogP contribution in [0.1, 0.15) is 18.7 Å². The van der Waals surface area contributed by atoms with Crippen LogP contribution in [-0.2, 0) is 4.79 Å². The summed E-state index contributed by atoms with van der Waals surface area (Å²) in [5, 5.41) is 4.16. The molecule has 0 fully saturated rings. The third kappa shape index (κ3) is 2.88. The number of carbonyl (C=O) groups is 1. The van der Waals surface area contributed by atoms with E-state index in [1.165, 1.54) is 6.07 Å². The van der Waals surface area contributed by atoms with Crippen molar-refractivity contribution in [2.24, 2.45) is 0 Å². The zero-order valence-corrected chi connectivity index (χ0v) is 15.6. The molecule has 136 valence electrons. The summed E-state index contributed by atoms with van der Waals surface area (Å²) in [6.07, 6.45) is 0. The topological polar surface area (TPSA) is 68.4 Å². The fourth-order valence-corrected chi connectivity index (χ4v) is 3.48. The molecule has 0 saturated carbocycles. The maximum Gasteiger partial charge on any atom is 0.273 e. The first-order valence-electron chi connectivity index (χ1n) is 8.52. The van der Waals surface area contributed by atoms with Crippen molar-refractivity contribution >= 4 is 39.7 Å². The van der Waals surface area contributed by atoms with Crippen molar-refractivity contribution in [3.63, 3.8) is 0 Å². The summed E-state index contributed by atoms with van der Waals surface area (Å²) in [5.41, 5.74) is 2.31. The molecule has 0 saturated heterocycles. The molecule has 0 aliphatic heterocycles. The van der Waals surface area contributed by atoms with E-state index in [2.05, 4.69) is 10.3 Å². The Kier molecular flexibility index (Phi) is 4.20. The van der Waals surface area contributed by atoms with Gasteiger partial charge in [-0.1, -0.05) is 35.9 Å². The molecule has 1 atom stereocenters. The Bertz CT molecular complexity index is 1240. The minimum absolute atomic E-state index is 0.219. The molecule has 0 radical (unpaired) electrons. The average molecular weight is 381 g/mol. The summed E-state index contributed by atoms with van der Waals surface area (Å²) >= 11 is 6.16. The number of rotatable bonds is 3. The van der Waals surface area contributed by atoms with Crippen molar-refractivity contribution < 1.29 is 4.79 Å². The molecular weight excluding hydrogens is 364 g/mol. The molecule has 27 heavy (non-hydrogen) atoms. The predicted molar refractivity (Wildman–Crippen MR) is 106 cm³/mol. The van der Waals surface area contributed by atoms with Crippen molar-refractivity contribution in [2.45, 2.75) is 19.9 Å². The first kappa shape index (κ1) is 17.3. The molecule has 0 aliphatic rings. The summed E-state index contributed by atoms with van der Waals surface area (Å²) in [4.78, 5) is 29.0. The van der Waals surface area contributed by atoms with E-state index in [0.717, 1.165) is 10.9 Å². The maximum absolute atomic E-state index is 12.9. The molecule has 4 rings (SSSR count). The lowest BCUT2D eigenvalue weighted by molar-refractivity contribution is -0.119. The highest BCUT2D eigenvalue weighted by Crippen LogP contribution is 2.27. The van der Waals surface area contributed by atoms with E-state index in [1.807, 2.05) is 46.5 Å². The Hall–Kier alpha value is -3.12. The molecule has 0 spiro atoms. The standard InChI is InChI=1S/C20H17ClN4O2/c1-12-11-18(26)23-19-14-7-3-6-10-17(14)25(24(12)19)13(2)20(27)22-16-9-5-4-8-15(16)21/h3-11,13H,1-2H3,(H,22,27)/t13-/m0/s1. The zero-order chi connectivity index (χ0) is 19.1. The number of para-hydroxylation sites is 2. The van der Waals surface area contributed by atoms with Gasteiger partial charge in [-0.2, -0.15) is 4.98 Å². The van der Waals surface area contributed by atoms with E-state index < -0.39 is 6.04 Å². The molecule has 1 amide bonds. The van der Waals surface area contributed by atoms with Crippen LogP contribution in [0.2, 0.25) is 5.02 Å². The van der Waals surface area contributed by atoms with Crippen LogP contribution in [0.25, 0.3) is 16.6 Å². The monoisotopic (exact) mass is 380 g/mol. The van der Waals surface area contributed by atoms with Crippen LogP contribution in [0.4, 0.5) is 5.69 Å². The van der Waals surface area contributed by atoms with Gasteiger partial charge in [0.1, 0.15) is 6.04 Å². The van der Waals surface area contributed by atoms with Crippen LogP contribution < -0.4 is 10.9 Å². The number of anilines is 1. The van der Waals surface area contributed by atoms with Gasteiger partial charge in [0.2, 0.25) is 5.91 Å². The number of nitrogens with one attached hydrogen (secondary N) is 1. The van der Waals surface area contributed by atoms with Crippen LogP contribution in [0, 0.1) is 6.92 Å². The SMILES string of the molecule is Cc1cc(=O)nc2c3ccccc3n([C@@H](C)C(=O)Nc3ccccc3Cl)n12. The van der Waals surface area contributed by atoms with E-state index in [9.17, 15) is 9.59 Å². The second kappa shape index (κ2) is 6.55. The lowest BCUT2D eigenvalue weighted by atomic mass is 10.2. The molecule has 0 aliphatic carbocycles. The van der Waals surface area contributed by atoms with Crippen LogP contribution in [-0.4, -0.2) is 20.1 Å². The summed E-state index contributed by atoms with van der Waals surface area (Å²) in [7, 11) is 0. The first-order valence-corrected chi connectivity index (χ1v) is 8.90. The molecule has 0 bridgehead atoms. The van der Waals surface area contributed by atoms with Gasteiger partial charge in [0, 0.05) is 17.1 Å². The third-order valence-corrected chi connectivity index (χ3v) is 4.90. The van der Waals surface area contributed by atoms with Gasteiger partial charge in [0.25, 0.3) is 5.56 Å². The number of nitrogens with zero attached hydrogens (tertiary/aromatic N) is 3. The largest absolute Gasteiger partial charge is 0.323 e. The van der Waals surface area contributed by atoms with E-state index in [4.69, 9.17) is 11.6 Å². The van der Waals surface area contributed by atoms with Gasteiger partial charge in [-0.15, -0.1) is 0 Å². The molecule has 1 N–H and O–H groups in total. The summed E-state index contributed by atoms with van der Waals surface area (Å²) in [6.45, 7) is 3.62. The summed E-state index contributed by atoms with van der Waals surface area (Å²) in [5.74, 6) is -0.219. The minimum Gasteiger partial charge on any atom is -0.323 e. The highest BCUT2D eigenvalue weighted by atomic mass is 35.5. The number of benzene rings is 2. The smallest absolute Gasteiger partial charge is 0.273 e. The van der Waals surface area contributed by atoms with Crippen LogP contribution in [0.5, 0.6) is 0 Å². The highest BCUT2D eigenvalue weighted by molar-refractivity contribution is 6.33. The lowest BCUT2D eigenvalue weighted by Gasteiger charge is -2.18. The van der Waals surface area contributed by atoms with Gasteiger partial charge in [-0.25, -0.2) is 4.52 Å². The van der Waals surface area contributed by atoms with Crippen molar-refractivity contribution in [3.05, 3.63) is 75.7 Å². The minimum atomic E-state index is -0.563. The Morgan fingerprint density at radius 1 is 1.15 bits per heavy atom.